The van der Waals surface area contributed by atoms with Crippen molar-refractivity contribution in [3.8, 4) is 0 Å². The Bertz CT molecular complexity index is 843. The van der Waals surface area contributed by atoms with Gasteiger partial charge in [-0.15, -0.1) is 0 Å². The predicted molar refractivity (Wildman–Crippen MR) is 98.8 cm³/mol. The van der Waals surface area contributed by atoms with Gasteiger partial charge < -0.3 is 15.5 Å². The molecule has 0 bridgehead atoms. The van der Waals surface area contributed by atoms with Crippen molar-refractivity contribution < 1.29 is 14.0 Å². The summed E-state index contributed by atoms with van der Waals surface area (Å²) < 4.78 is 14.3. The highest BCUT2D eigenvalue weighted by Crippen LogP contribution is 2.30. The van der Waals surface area contributed by atoms with Crippen LogP contribution in [0.25, 0.3) is 0 Å². The van der Waals surface area contributed by atoms with Crippen molar-refractivity contribution in [3.63, 3.8) is 0 Å². The molecule has 26 heavy (non-hydrogen) atoms. The highest BCUT2D eigenvalue weighted by molar-refractivity contribution is 6.31. The zero-order valence-corrected chi connectivity index (χ0v) is 15.0. The number of halogens is 2. The summed E-state index contributed by atoms with van der Waals surface area (Å²) in [5, 5.41) is 6.38. The van der Waals surface area contributed by atoms with E-state index in [1.54, 1.807) is 11.0 Å². The molecular weight excluding hydrogens is 357 g/mol. The van der Waals surface area contributed by atoms with Gasteiger partial charge in [0.25, 0.3) is 5.91 Å². The van der Waals surface area contributed by atoms with Crippen LogP contribution in [-0.2, 0) is 4.79 Å². The number of anilines is 1. The van der Waals surface area contributed by atoms with E-state index in [1.165, 1.54) is 25.1 Å². The average molecular weight is 376 g/mol. The van der Waals surface area contributed by atoms with Crippen LogP contribution in [0.4, 0.5) is 10.1 Å². The van der Waals surface area contributed by atoms with E-state index in [0.717, 1.165) is 5.56 Å². The molecule has 2 N–H and O–H groups in total. The zero-order chi connectivity index (χ0) is 18.7. The first-order chi connectivity index (χ1) is 12.5. The molecule has 0 saturated carbocycles. The molecule has 1 heterocycles. The zero-order valence-electron chi connectivity index (χ0n) is 14.3. The lowest BCUT2D eigenvalue weighted by molar-refractivity contribution is -0.114. The van der Waals surface area contributed by atoms with Crippen LogP contribution in [0, 0.1) is 5.82 Å². The maximum Gasteiger partial charge on any atom is 0.257 e. The molecule has 1 unspecified atom stereocenters. The van der Waals surface area contributed by atoms with Crippen LogP contribution in [0.3, 0.4) is 0 Å². The van der Waals surface area contributed by atoms with Crippen LogP contribution in [-0.4, -0.2) is 36.3 Å². The van der Waals surface area contributed by atoms with E-state index in [4.69, 9.17) is 11.6 Å². The van der Waals surface area contributed by atoms with Crippen molar-refractivity contribution in [2.24, 2.45) is 0 Å². The second kappa shape index (κ2) is 7.85. The lowest BCUT2D eigenvalue weighted by Gasteiger charge is -2.37. The minimum atomic E-state index is -0.624. The second-order valence-electron chi connectivity index (χ2n) is 6.12. The van der Waals surface area contributed by atoms with E-state index in [0.29, 0.717) is 30.3 Å². The molecule has 1 aliphatic heterocycles. The number of nitrogens with one attached hydrogen (secondary N) is 2. The lowest BCUT2D eigenvalue weighted by atomic mass is 10.0. The first kappa shape index (κ1) is 18.4. The molecule has 136 valence electrons. The minimum Gasteiger partial charge on any atom is -0.329 e. The minimum absolute atomic E-state index is 0.0739. The molecule has 2 amide bonds. The molecule has 0 radical (unpaired) electrons. The molecule has 2 aromatic rings. The van der Waals surface area contributed by atoms with Crippen LogP contribution in [0.2, 0.25) is 5.02 Å². The Balaban J connectivity index is 1.94. The normalized spacial score (nSPS) is 17.0. The van der Waals surface area contributed by atoms with Crippen molar-refractivity contribution >= 4 is 29.1 Å². The number of benzene rings is 2. The van der Waals surface area contributed by atoms with E-state index in [-0.39, 0.29) is 17.5 Å². The Morgan fingerprint density at radius 2 is 2.04 bits per heavy atom. The highest BCUT2D eigenvalue weighted by Gasteiger charge is 2.31. The van der Waals surface area contributed by atoms with Gasteiger partial charge in [0.05, 0.1) is 11.6 Å². The van der Waals surface area contributed by atoms with Gasteiger partial charge in [-0.05, 0) is 29.8 Å². The Morgan fingerprint density at radius 1 is 1.27 bits per heavy atom. The van der Waals surface area contributed by atoms with Gasteiger partial charge in [0.15, 0.2) is 0 Å². The topological polar surface area (TPSA) is 61.4 Å². The molecule has 0 spiro atoms. The van der Waals surface area contributed by atoms with E-state index in [2.05, 4.69) is 10.6 Å². The summed E-state index contributed by atoms with van der Waals surface area (Å²) in [5.41, 5.74) is 1.12. The second-order valence-corrected chi connectivity index (χ2v) is 6.52. The summed E-state index contributed by atoms with van der Waals surface area (Å²) in [4.78, 5) is 25.9. The van der Waals surface area contributed by atoms with Crippen molar-refractivity contribution in [3.05, 3.63) is 64.4 Å². The standard InChI is InChI=1S/C19H19ClFN3O2/c1-12(25)23-13-6-7-17(21)15(10-13)19(26)24-9-8-22-11-18(24)14-4-2-3-5-16(14)20/h2-7,10,18,22H,8-9,11H2,1H3,(H,23,25). The fraction of sp³-hybridized carbons (Fsp3) is 0.263. The van der Waals surface area contributed by atoms with E-state index in [1.807, 2.05) is 18.2 Å². The van der Waals surface area contributed by atoms with Gasteiger partial charge in [0, 0.05) is 37.3 Å². The molecular formula is C19H19ClFN3O2. The van der Waals surface area contributed by atoms with Crippen LogP contribution < -0.4 is 10.6 Å². The van der Waals surface area contributed by atoms with Crippen LogP contribution in [0.15, 0.2) is 42.5 Å². The molecule has 0 aliphatic carbocycles. The van der Waals surface area contributed by atoms with Gasteiger partial charge >= 0.3 is 0 Å². The van der Waals surface area contributed by atoms with Crippen LogP contribution >= 0.6 is 11.6 Å². The number of hydrogen-bond acceptors (Lipinski definition) is 3. The third kappa shape index (κ3) is 3.86. The molecule has 5 nitrogen and oxygen atoms in total. The number of rotatable bonds is 3. The third-order valence-corrected chi connectivity index (χ3v) is 4.63. The smallest absolute Gasteiger partial charge is 0.257 e. The monoisotopic (exact) mass is 375 g/mol. The van der Waals surface area contributed by atoms with Gasteiger partial charge in [-0.1, -0.05) is 29.8 Å². The summed E-state index contributed by atoms with van der Waals surface area (Å²) in [7, 11) is 0. The molecule has 0 aromatic heterocycles. The Hall–Kier alpha value is -2.44. The van der Waals surface area contributed by atoms with Crippen molar-refractivity contribution in [2.45, 2.75) is 13.0 Å². The predicted octanol–water partition coefficient (Wildman–Crippen LogP) is 3.22. The maximum atomic E-state index is 14.3. The summed E-state index contributed by atoms with van der Waals surface area (Å²) >= 11 is 6.30. The SMILES string of the molecule is CC(=O)Nc1ccc(F)c(C(=O)N2CCNCC2c2ccccc2Cl)c1. The van der Waals surface area contributed by atoms with Gasteiger partial charge in [-0.2, -0.15) is 0 Å². The van der Waals surface area contributed by atoms with E-state index < -0.39 is 11.7 Å². The first-order valence-corrected chi connectivity index (χ1v) is 8.68. The molecule has 1 fully saturated rings. The average Bonchev–Trinajstić information content (AvgIpc) is 2.63. The summed E-state index contributed by atoms with van der Waals surface area (Å²) in [6.07, 6.45) is 0. The summed E-state index contributed by atoms with van der Waals surface area (Å²) in [6, 6.07) is 11.0. The third-order valence-electron chi connectivity index (χ3n) is 4.29. The van der Waals surface area contributed by atoms with E-state index in [9.17, 15) is 14.0 Å². The first-order valence-electron chi connectivity index (χ1n) is 8.30. The maximum absolute atomic E-state index is 14.3. The highest BCUT2D eigenvalue weighted by atomic mass is 35.5. The molecule has 7 heteroatoms. The number of nitrogens with zero attached hydrogens (tertiary/aromatic N) is 1. The van der Waals surface area contributed by atoms with Crippen molar-refractivity contribution in [1.29, 1.82) is 0 Å². The van der Waals surface area contributed by atoms with E-state index >= 15 is 0 Å². The molecule has 1 aliphatic rings. The van der Waals surface area contributed by atoms with Gasteiger partial charge in [0.1, 0.15) is 5.82 Å². The number of carbonyl (C=O) groups is 2. The largest absolute Gasteiger partial charge is 0.329 e. The lowest BCUT2D eigenvalue weighted by Crippen LogP contribution is -2.49. The molecule has 3 rings (SSSR count). The van der Waals surface area contributed by atoms with Crippen LogP contribution in [0.1, 0.15) is 28.9 Å². The Morgan fingerprint density at radius 3 is 2.77 bits per heavy atom. The fourth-order valence-corrected chi connectivity index (χ4v) is 3.36. The molecule has 1 atom stereocenters. The van der Waals surface area contributed by atoms with Gasteiger partial charge in [0.2, 0.25) is 5.91 Å². The van der Waals surface area contributed by atoms with Gasteiger partial charge in [-0.3, -0.25) is 9.59 Å². The van der Waals surface area contributed by atoms with Crippen LogP contribution in [0.5, 0.6) is 0 Å². The number of piperazine rings is 1. The Kier molecular flexibility index (Phi) is 5.54. The molecule has 1 saturated heterocycles. The summed E-state index contributed by atoms with van der Waals surface area (Å²) in [6.45, 7) is 2.93. The Labute approximate surface area is 156 Å². The van der Waals surface area contributed by atoms with Gasteiger partial charge in [-0.25, -0.2) is 4.39 Å². The quantitative estimate of drug-likeness (QED) is 0.865. The number of carbonyl (C=O) groups excluding carboxylic acids is 2. The molecule has 2 aromatic carbocycles. The fourth-order valence-electron chi connectivity index (χ4n) is 3.10. The summed E-state index contributed by atoms with van der Waals surface area (Å²) in [5.74, 6) is -1.34. The number of hydrogen-bond donors (Lipinski definition) is 2. The van der Waals surface area contributed by atoms with Crippen molar-refractivity contribution in [2.75, 3.05) is 25.0 Å². The number of amides is 2. The van der Waals surface area contributed by atoms with Crippen molar-refractivity contribution in [1.82, 2.24) is 10.2 Å².